The summed E-state index contributed by atoms with van der Waals surface area (Å²) in [6, 6.07) is 6.20. The van der Waals surface area contributed by atoms with Crippen LogP contribution in [0, 0.1) is 6.92 Å². The van der Waals surface area contributed by atoms with Crippen LogP contribution in [0.1, 0.15) is 16.8 Å². The molecule has 92 valence electrons. The maximum atomic E-state index is 4.71. The van der Waals surface area contributed by atoms with E-state index in [4.69, 9.17) is 4.98 Å². The highest BCUT2D eigenvalue weighted by molar-refractivity contribution is 9.10. The number of nitrogens with zero attached hydrogens (tertiary/aromatic N) is 2. The highest BCUT2D eigenvalue weighted by Gasteiger charge is 2.13. The molecule has 2 aromatic rings. The van der Waals surface area contributed by atoms with Crippen molar-refractivity contribution in [1.29, 1.82) is 0 Å². The van der Waals surface area contributed by atoms with Gasteiger partial charge in [-0.25, -0.2) is 9.97 Å². The molecule has 18 heavy (non-hydrogen) atoms. The van der Waals surface area contributed by atoms with Gasteiger partial charge in [0.1, 0.15) is 0 Å². The van der Waals surface area contributed by atoms with Gasteiger partial charge in [-0.3, -0.25) is 0 Å². The van der Waals surface area contributed by atoms with E-state index >= 15 is 0 Å². The maximum Gasteiger partial charge on any atom is 0.159 e. The third-order valence-corrected chi connectivity index (χ3v) is 3.73. The van der Waals surface area contributed by atoms with Crippen LogP contribution in [0.15, 0.2) is 28.9 Å². The third-order valence-electron chi connectivity index (χ3n) is 3.24. The summed E-state index contributed by atoms with van der Waals surface area (Å²) in [6.45, 7) is 3.97. The predicted molar refractivity (Wildman–Crippen MR) is 75.3 cm³/mol. The van der Waals surface area contributed by atoms with Crippen LogP contribution < -0.4 is 5.32 Å². The molecule has 3 nitrogen and oxygen atoms in total. The molecule has 4 heteroatoms. The number of rotatable bonds is 1. The van der Waals surface area contributed by atoms with Crippen LogP contribution in [0.5, 0.6) is 0 Å². The zero-order valence-corrected chi connectivity index (χ0v) is 11.8. The quantitative estimate of drug-likeness (QED) is 0.880. The van der Waals surface area contributed by atoms with Gasteiger partial charge in [0.05, 0.1) is 5.69 Å². The van der Waals surface area contributed by atoms with E-state index in [2.05, 4.69) is 45.3 Å². The smallest absolute Gasteiger partial charge is 0.159 e. The number of hydrogen-bond acceptors (Lipinski definition) is 3. The van der Waals surface area contributed by atoms with Gasteiger partial charge in [-0.1, -0.05) is 15.9 Å². The van der Waals surface area contributed by atoms with Gasteiger partial charge in [0.15, 0.2) is 5.82 Å². The summed E-state index contributed by atoms with van der Waals surface area (Å²) in [6.07, 6.45) is 2.94. The SMILES string of the molecule is Cc1cc(Br)ccc1-c1ncc2c(n1)CCNC2. The largest absolute Gasteiger partial charge is 0.312 e. The molecule has 1 aliphatic rings. The van der Waals surface area contributed by atoms with E-state index in [0.717, 1.165) is 35.4 Å². The van der Waals surface area contributed by atoms with Crippen LogP contribution in [0.4, 0.5) is 0 Å². The van der Waals surface area contributed by atoms with Crippen molar-refractivity contribution in [2.45, 2.75) is 19.9 Å². The summed E-state index contributed by atoms with van der Waals surface area (Å²) >= 11 is 3.48. The minimum absolute atomic E-state index is 0.834. The molecular weight excluding hydrogens is 290 g/mol. The van der Waals surface area contributed by atoms with E-state index in [0.29, 0.717) is 0 Å². The second-order valence-corrected chi connectivity index (χ2v) is 5.47. The van der Waals surface area contributed by atoms with Gasteiger partial charge < -0.3 is 5.32 Å². The van der Waals surface area contributed by atoms with Crippen molar-refractivity contribution in [2.75, 3.05) is 6.54 Å². The molecule has 0 saturated heterocycles. The van der Waals surface area contributed by atoms with Crippen molar-refractivity contribution < 1.29 is 0 Å². The summed E-state index contributed by atoms with van der Waals surface area (Å²) in [4.78, 5) is 9.19. The molecular formula is C14H14BrN3. The van der Waals surface area contributed by atoms with Crippen LogP contribution in [0.25, 0.3) is 11.4 Å². The topological polar surface area (TPSA) is 37.8 Å². The molecule has 1 aliphatic heterocycles. The van der Waals surface area contributed by atoms with Gasteiger partial charge >= 0.3 is 0 Å². The van der Waals surface area contributed by atoms with Crippen LogP contribution in [0.2, 0.25) is 0 Å². The minimum Gasteiger partial charge on any atom is -0.312 e. The van der Waals surface area contributed by atoms with Crippen molar-refractivity contribution in [2.24, 2.45) is 0 Å². The zero-order chi connectivity index (χ0) is 12.5. The molecule has 0 fully saturated rings. The van der Waals surface area contributed by atoms with Crippen molar-refractivity contribution >= 4 is 15.9 Å². The van der Waals surface area contributed by atoms with Crippen LogP contribution in [-0.2, 0) is 13.0 Å². The summed E-state index contributed by atoms with van der Waals surface area (Å²) in [5, 5.41) is 3.33. The third kappa shape index (κ3) is 2.18. The average molecular weight is 304 g/mol. The summed E-state index contributed by atoms with van der Waals surface area (Å²) in [5.41, 5.74) is 4.71. The normalized spacial score (nSPS) is 14.3. The summed E-state index contributed by atoms with van der Waals surface area (Å²) in [5.74, 6) is 0.834. The number of aryl methyl sites for hydroxylation is 1. The lowest BCUT2D eigenvalue weighted by atomic mass is 10.1. The molecule has 0 bridgehead atoms. The fourth-order valence-corrected chi connectivity index (χ4v) is 2.72. The van der Waals surface area contributed by atoms with Gasteiger partial charge in [-0.2, -0.15) is 0 Å². The van der Waals surface area contributed by atoms with E-state index < -0.39 is 0 Å². The molecule has 0 amide bonds. The molecule has 3 rings (SSSR count). The van der Waals surface area contributed by atoms with Gasteiger partial charge in [-0.05, 0) is 30.7 Å². The summed E-state index contributed by atoms with van der Waals surface area (Å²) < 4.78 is 1.09. The van der Waals surface area contributed by atoms with E-state index in [1.165, 1.54) is 16.8 Å². The molecule has 0 saturated carbocycles. The highest BCUT2D eigenvalue weighted by atomic mass is 79.9. The van der Waals surface area contributed by atoms with Crippen molar-refractivity contribution in [3.05, 3.63) is 45.7 Å². The lowest BCUT2D eigenvalue weighted by Crippen LogP contribution is -2.25. The molecule has 0 spiro atoms. The average Bonchev–Trinajstić information content (AvgIpc) is 2.38. The second kappa shape index (κ2) is 4.78. The zero-order valence-electron chi connectivity index (χ0n) is 10.2. The van der Waals surface area contributed by atoms with E-state index in [1.807, 2.05) is 12.3 Å². The van der Waals surface area contributed by atoms with Crippen LogP contribution in [0.3, 0.4) is 0 Å². The Bertz CT molecular complexity index is 596. The molecule has 2 heterocycles. The van der Waals surface area contributed by atoms with Gasteiger partial charge in [0, 0.05) is 41.3 Å². The van der Waals surface area contributed by atoms with Crippen molar-refractivity contribution in [3.63, 3.8) is 0 Å². The number of benzene rings is 1. The van der Waals surface area contributed by atoms with Gasteiger partial charge in [0.2, 0.25) is 0 Å². The van der Waals surface area contributed by atoms with Gasteiger partial charge in [0.25, 0.3) is 0 Å². The Morgan fingerprint density at radius 3 is 3.06 bits per heavy atom. The van der Waals surface area contributed by atoms with E-state index in [9.17, 15) is 0 Å². The van der Waals surface area contributed by atoms with E-state index in [1.54, 1.807) is 0 Å². The van der Waals surface area contributed by atoms with Crippen LogP contribution in [-0.4, -0.2) is 16.5 Å². The second-order valence-electron chi connectivity index (χ2n) is 4.55. The van der Waals surface area contributed by atoms with Crippen molar-refractivity contribution in [1.82, 2.24) is 15.3 Å². The highest BCUT2D eigenvalue weighted by Crippen LogP contribution is 2.24. The first kappa shape index (κ1) is 11.8. The Balaban J connectivity index is 2.06. The Morgan fingerprint density at radius 2 is 2.22 bits per heavy atom. The molecule has 0 radical (unpaired) electrons. The number of aromatic nitrogens is 2. The fraction of sp³-hybridized carbons (Fsp3) is 0.286. The Labute approximate surface area is 115 Å². The Morgan fingerprint density at radius 1 is 1.33 bits per heavy atom. The standard InChI is InChI=1S/C14H14BrN3/c1-9-6-11(15)2-3-12(9)14-17-8-10-7-16-5-4-13(10)18-14/h2-3,6,8,16H,4-5,7H2,1H3. The number of halogens is 1. The molecule has 0 unspecified atom stereocenters. The molecule has 1 aromatic heterocycles. The first-order chi connectivity index (χ1) is 8.74. The molecule has 0 aliphatic carbocycles. The lowest BCUT2D eigenvalue weighted by Gasteiger charge is -2.16. The van der Waals surface area contributed by atoms with Crippen LogP contribution >= 0.6 is 15.9 Å². The maximum absolute atomic E-state index is 4.71. The first-order valence-electron chi connectivity index (χ1n) is 6.06. The molecule has 0 atom stereocenters. The van der Waals surface area contributed by atoms with Crippen molar-refractivity contribution in [3.8, 4) is 11.4 Å². The lowest BCUT2D eigenvalue weighted by molar-refractivity contribution is 0.626. The van der Waals surface area contributed by atoms with Gasteiger partial charge in [-0.15, -0.1) is 0 Å². The Kier molecular flexibility index (Phi) is 3.14. The monoisotopic (exact) mass is 303 g/mol. The number of fused-ring (bicyclic) bond motifs is 1. The number of nitrogens with one attached hydrogen (secondary N) is 1. The Hall–Kier alpha value is -1.26. The predicted octanol–water partition coefficient (Wildman–Crippen LogP) is 2.86. The van der Waals surface area contributed by atoms with E-state index in [-0.39, 0.29) is 0 Å². The fourth-order valence-electron chi connectivity index (χ4n) is 2.24. The number of hydrogen-bond donors (Lipinski definition) is 1. The molecule has 1 N–H and O–H groups in total. The minimum atomic E-state index is 0.834. The summed E-state index contributed by atoms with van der Waals surface area (Å²) in [7, 11) is 0. The first-order valence-corrected chi connectivity index (χ1v) is 6.85. The molecule has 1 aromatic carbocycles.